The van der Waals surface area contributed by atoms with Gasteiger partial charge in [0, 0.05) is 0 Å². The summed E-state index contributed by atoms with van der Waals surface area (Å²) in [6.07, 6.45) is 23.5. The number of rotatable bonds is 17. The monoisotopic (exact) mass is 386 g/mol. The molecule has 146 valence electrons. The Morgan fingerprint density at radius 1 is 0.615 bits per heavy atom. The van der Waals surface area contributed by atoms with Crippen LogP contribution in [0.1, 0.15) is 117 Å². The van der Waals surface area contributed by atoms with Crippen LogP contribution in [-0.4, -0.2) is 5.11 Å². The van der Waals surface area contributed by atoms with Gasteiger partial charge in [-0.3, -0.25) is 0 Å². The van der Waals surface area contributed by atoms with Crippen LogP contribution in [-0.2, 0) is 6.42 Å². The minimum Gasteiger partial charge on any atom is -1.00 e. The summed E-state index contributed by atoms with van der Waals surface area (Å²) >= 11 is 0. The molecule has 0 saturated heterocycles. The Morgan fingerprint density at radius 2 is 1.00 bits per heavy atom. The molecule has 2 heteroatoms. The molecule has 0 aliphatic heterocycles. The van der Waals surface area contributed by atoms with Crippen molar-refractivity contribution in [3.8, 4) is 5.75 Å². The number of para-hydroxylation sites is 1. The fourth-order valence-corrected chi connectivity index (χ4v) is 3.59. The van der Waals surface area contributed by atoms with Crippen molar-refractivity contribution in [2.75, 3.05) is 0 Å². The number of phenolic OH excluding ortho intramolecular Hbond substituents is 1. The van der Waals surface area contributed by atoms with Crippen LogP contribution >= 0.6 is 0 Å². The molecular formula is C24H43KO. The molecule has 0 aromatic heterocycles. The summed E-state index contributed by atoms with van der Waals surface area (Å²) in [5.74, 6) is 0.462. The zero-order valence-electron chi connectivity index (χ0n) is 18.8. The number of unbranched alkanes of at least 4 members (excludes halogenated alkanes) is 15. The van der Waals surface area contributed by atoms with Crippen LogP contribution in [0.2, 0.25) is 0 Å². The van der Waals surface area contributed by atoms with Crippen LogP contribution in [0, 0.1) is 0 Å². The Hall–Kier alpha value is 0.656. The smallest absolute Gasteiger partial charge is 1.00 e. The molecule has 0 saturated carbocycles. The molecule has 26 heavy (non-hydrogen) atoms. The van der Waals surface area contributed by atoms with E-state index in [1.165, 1.54) is 103 Å². The first-order valence-electron chi connectivity index (χ1n) is 11.1. The second-order valence-electron chi connectivity index (χ2n) is 7.68. The van der Waals surface area contributed by atoms with Crippen LogP contribution < -0.4 is 51.4 Å². The number of benzene rings is 1. The number of hydrogen-bond donors (Lipinski definition) is 1. The second kappa shape index (κ2) is 20.4. The van der Waals surface area contributed by atoms with Crippen LogP contribution in [0.3, 0.4) is 0 Å². The Morgan fingerprint density at radius 3 is 1.42 bits per heavy atom. The van der Waals surface area contributed by atoms with Crippen LogP contribution in [0.25, 0.3) is 0 Å². The van der Waals surface area contributed by atoms with Crippen molar-refractivity contribution < 1.29 is 57.9 Å². The first kappa shape index (κ1) is 26.7. The van der Waals surface area contributed by atoms with Gasteiger partial charge in [0.15, 0.2) is 0 Å². The van der Waals surface area contributed by atoms with Gasteiger partial charge < -0.3 is 6.53 Å². The van der Waals surface area contributed by atoms with Gasteiger partial charge in [-0.1, -0.05) is 121 Å². The van der Waals surface area contributed by atoms with Gasteiger partial charge in [-0.25, -0.2) is 0 Å². The van der Waals surface area contributed by atoms with Gasteiger partial charge in [-0.15, -0.1) is 0 Å². The normalized spacial score (nSPS) is 10.7. The third-order valence-electron chi connectivity index (χ3n) is 5.29. The molecule has 0 fully saturated rings. The van der Waals surface area contributed by atoms with E-state index in [2.05, 4.69) is 6.92 Å². The molecule has 1 rings (SSSR count). The van der Waals surface area contributed by atoms with E-state index in [1.54, 1.807) is 6.07 Å². The molecule has 0 aliphatic rings. The van der Waals surface area contributed by atoms with Crippen LogP contribution in [0.15, 0.2) is 24.3 Å². The van der Waals surface area contributed by atoms with Crippen molar-refractivity contribution in [1.82, 2.24) is 0 Å². The fraction of sp³-hybridized carbons (Fsp3) is 0.750. The quantitative estimate of drug-likeness (QED) is 0.284. The minimum absolute atomic E-state index is 0. The molecule has 1 aromatic carbocycles. The summed E-state index contributed by atoms with van der Waals surface area (Å²) in [5.41, 5.74) is 1.10. The molecular weight excluding hydrogens is 343 g/mol. The molecule has 0 atom stereocenters. The number of aromatic hydroxyl groups is 1. The van der Waals surface area contributed by atoms with Crippen molar-refractivity contribution >= 4 is 0 Å². The topological polar surface area (TPSA) is 20.2 Å². The Bertz CT molecular complexity index is 411. The zero-order valence-corrected chi connectivity index (χ0v) is 20.9. The molecule has 0 unspecified atom stereocenters. The SMILES string of the molecule is CCCCCCCCCCCCCCCCCCc1ccccc1O.[H-].[K+]. The summed E-state index contributed by atoms with van der Waals surface area (Å²) < 4.78 is 0. The molecule has 0 spiro atoms. The number of aryl methyl sites for hydroxylation is 1. The van der Waals surface area contributed by atoms with E-state index < -0.39 is 0 Å². The van der Waals surface area contributed by atoms with Gasteiger partial charge in [0.2, 0.25) is 0 Å². The van der Waals surface area contributed by atoms with E-state index >= 15 is 0 Å². The molecule has 0 aliphatic carbocycles. The Balaban J connectivity index is 0. The second-order valence-corrected chi connectivity index (χ2v) is 7.68. The average Bonchev–Trinajstić information content (AvgIpc) is 2.63. The first-order chi connectivity index (χ1) is 12.3. The number of phenols is 1. The molecule has 0 bridgehead atoms. The van der Waals surface area contributed by atoms with E-state index in [-0.39, 0.29) is 52.8 Å². The van der Waals surface area contributed by atoms with Crippen LogP contribution in [0.4, 0.5) is 0 Å². The van der Waals surface area contributed by atoms with E-state index in [0.29, 0.717) is 5.75 Å². The fourth-order valence-electron chi connectivity index (χ4n) is 3.59. The summed E-state index contributed by atoms with van der Waals surface area (Å²) in [4.78, 5) is 0. The van der Waals surface area contributed by atoms with Gasteiger partial charge in [0.05, 0.1) is 0 Å². The van der Waals surface area contributed by atoms with Crippen molar-refractivity contribution in [2.24, 2.45) is 0 Å². The summed E-state index contributed by atoms with van der Waals surface area (Å²) in [6, 6.07) is 7.75. The van der Waals surface area contributed by atoms with Crippen LogP contribution in [0.5, 0.6) is 5.75 Å². The molecule has 1 nitrogen and oxygen atoms in total. The molecule has 1 N–H and O–H groups in total. The van der Waals surface area contributed by atoms with Gasteiger partial charge in [0.25, 0.3) is 0 Å². The van der Waals surface area contributed by atoms with Gasteiger partial charge in [0.1, 0.15) is 5.75 Å². The molecule has 0 radical (unpaired) electrons. The van der Waals surface area contributed by atoms with Crippen molar-refractivity contribution in [3.05, 3.63) is 29.8 Å². The van der Waals surface area contributed by atoms with Gasteiger partial charge in [-0.2, -0.15) is 0 Å². The van der Waals surface area contributed by atoms with Crippen molar-refractivity contribution in [2.45, 2.75) is 116 Å². The molecule has 0 amide bonds. The maximum absolute atomic E-state index is 9.74. The Kier molecular flexibility index (Phi) is 20.9. The standard InChI is InChI=1S/C24H42O.K.H/c1-2-3-4-5-6-7-8-9-10-11-12-13-14-15-16-17-20-23-21-18-19-22-24(23)25;;/h18-19,21-22,25H,2-17,20H2,1H3;;/q;+1;-1. The average molecular weight is 387 g/mol. The summed E-state index contributed by atoms with van der Waals surface area (Å²) in [6.45, 7) is 2.29. The predicted molar refractivity (Wildman–Crippen MR) is 112 cm³/mol. The maximum Gasteiger partial charge on any atom is 1.00 e. The molecule has 0 heterocycles. The third kappa shape index (κ3) is 15.7. The van der Waals surface area contributed by atoms with Crippen molar-refractivity contribution in [3.63, 3.8) is 0 Å². The zero-order chi connectivity index (χ0) is 18.0. The molecule has 1 aromatic rings. The Labute approximate surface area is 207 Å². The maximum atomic E-state index is 9.74. The minimum atomic E-state index is 0. The van der Waals surface area contributed by atoms with E-state index in [1.807, 2.05) is 18.2 Å². The van der Waals surface area contributed by atoms with Gasteiger partial charge >= 0.3 is 51.4 Å². The number of hydrogen-bond acceptors (Lipinski definition) is 1. The van der Waals surface area contributed by atoms with E-state index in [0.717, 1.165) is 12.0 Å². The first-order valence-corrected chi connectivity index (χ1v) is 11.1. The van der Waals surface area contributed by atoms with E-state index in [4.69, 9.17) is 0 Å². The predicted octanol–water partition coefficient (Wildman–Crippen LogP) is 5.31. The summed E-state index contributed by atoms with van der Waals surface area (Å²) in [5, 5.41) is 9.74. The third-order valence-corrected chi connectivity index (χ3v) is 5.29. The summed E-state index contributed by atoms with van der Waals surface area (Å²) in [7, 11) is 0. The van der Waals surface area contributed by atoms with Crippen molar-refractivity contribution in [1.29, 1.82) is 0 Å². The van der Waals surface area contributed by atoms with E-state index in [9.17, 15) is 5.11 Å². The van der Waals surface area contributed by atoms with Gasteiger partial charge in [-0.05, 0) is 24.5 Å². The largest absolute Gasteiger partial charge is 1.00 e.